The molecule has 24 heavy (non-hydrogen) atoms. The zero-order chi connectivity index (χ0) is 17.1. The van der Waals surface area contributed by atoms with Crippen LogP contribution < -0.4 is 10.2 Å². The average molecular weight is 343 g/mol. The lowest BCUT2D eigenvalue weighted by atomic mass is 10.1. The maximum atomic E-state index is 12.6. The van der Waals surface area contributed by atoms with Gasteiger partial charge in [-0.25, -0.2) is 4.90 Å². The Morgan fingerprint density at radius 1 is 1.17 bits per heavy atom. The van der Waals surface area contributed by atoms with E-state index in [0.717, 1.165) is 12.0 Å². The summed E-state index contributed by atoms with van der Waals surface area (Å²) in [6, 6.07) is 14.8. The first kappa shape index (κ1) is 16.7. The third kappa shape index (κ3) is 3.50. The second kappa shape index (κ2) is 7.16. The van der Waals surface area contributed by atoms with E-state index in [2.05, 4.69) is 5.32 Å². The smallest absolute Gasteiger partial charge is 0.251 e. The highest BCUT2D eigenvalue weighted by Crippen LogP contribution is 2.27. The van der Waals surface area contributed by atoms with Crippen LogP contribution in [0.25, 0.3) is 0 Å². The van der Waals surface area contributed by atoms with Crippen LogP contribution in [0.15, 0.2) is 48.5 Å². The van der Waals surface area contributed by atoms with Gasteiger partial charge in [-0.1, -0.05) is 48.0 Å². The molecule has 2 aromatic carbocycles. The molecule has 1 atom stereocenters. The molecule has 0 bridgehead atoms. The summed E-state index contributed by atoms with van der Waals surface area (Å²) in [5.74, 6) is -0.412. The molecule has 1 heterocycles. The number of carbonyl (C=O) groups excluding carboxylic acids is 2. The summed E-state index contributed by atoms with van der Waals surface area (Å²) in [5, 5.41) is 3.74. The van der Waals surface area contributed by atoms with Crippen molar-refractivity contribution < 1.29 is 9.59 Å². The summed E-state index contributed by atoms with van der Waals surface area (Å²) >= 11 is 6.11. The summed E-state index contributed by atoms with van der Waals surface area (Å²) in [7, 11) is 0. The Hall–Kier alpha value is -2.17. The fraction of sp³-hybridized carbons (Fsp3) is 0.263. The number of aryl methyl sites for hydroxylation is 1. The van der Waals surface area contributed by atoms with Gasteiger partial charge in [-0.05, 0) is 43.1 Å². The van der Waals surface area contributed by atoms with Crippen LogP contribution in [0, 0.1) is 6.92 Å². The van der Waals surface area contributed by atoms with Gasteiger partial charge in [0.1, 0.15) is 0 Å². The molecule has 0 aliphatic carbocycles. The zero-order valence-corrected chi connectivity index (χ0v) is 14.2. The molecular weight excluding hydrogens is 324 g/mol. The minimum atomic E-state index is -0.471. The lowest BCUT2D eigenvalue weighted by molar-refractivity contribution is -0.121. The molecule has 1 unspecified atom stereocenters. The van der Waals surface area contributed by atoms with Crippen molar-refractivity contribution in [1.82, 2.24) is 5.32 Å². The molecule has 1 aliphatic heterocycles. The van der Waals surface area contributed by atoms with Gasteiger partial charge in [0.25, 0.3) is 5.91 Å². The molecule has 1 aliphatic rings. The number of nitrogens with one attached hydrogen (secondary N) is 1. The van der Waals surface area contributed by atoms with Crippen molar-refractivity contribution >= 4 is 29.1 Å². The summed E-state index contributed by atoms with van der Waals surface area (Å²) in [6.45, 7) is 2.53. The van der Waals surface area contributed by atoms with Crippen molar-refractivity contribution in [3.8, 4) is 0 Å². The van der Waals surface area contributed by atoms with E-state index in [0.29, 0.717) is 17.3 Å². The van der Waals surface area contributed by atoms with E-state index >= 15 is 0 Å². The quantitative estimate of drug-likeness (QED) is 0.849. The highest BCUT2D eigenvalue weighted by molar-refractivity contribution is 6.32. The van der Waals surface area contributed by atoms with Crippen molar-refractivity contribution in [2.75, 3.05) is 11.4 Å². The number of halogens is 1. The maximum Gasteiger partial charge on any atom is 0.251 e. The largest absolute Gasteiger partial charge is 0.305 e. The molecule has 1 N–H and O–H groups in total. The Kier molecular flexibility index (Phi) is 4.97. The van der Waals surface area contributed by atoms with E-state index < -0.39 is 6.04 Å². The van der Waals surface area contributed by atoms with Gasteiger partial charge >= 0.3 is 0 Å². The molecule has 1 fully saturated rings. The van der Waals surface area contributed by atoms with Crippen molar-refractivity contribution in [3.05, 3.63) is 64.7 Å². The number of amides is 2. The van der Waals surface area contributed by atoms with Gasteiger partial charge in [0.05, 0.1) is 18.2 Å². The molecule has 5 heteroatoms. The zero-order valence-electron chi connectivity index (χ0n) is 13.5. The predicted molar refractivity (Wildman–Crippen MR) is 95.2 cm³/mol. The molecule has 3 rings (SSSR count). The number of imide groups is 1. The number of benzene rings is 2. The first-order chi connectivity index (χ1) is 11.6. The molecule has 4 nitrogen and oxygen atoms in total. The number of anilines is 1. The van der Waals surface area contributed by atoms with E-state index in [1.807, 2.05) is 43.3 Å². The monoisotopic (exact) mass is 342 g/mol. The molecular formula is C19H19ClN2O2. The maximum absolute atomic E-state index is 12.6. The Bertz CT molecular complexity index is 761. The predicted octanol–water partition coefficient (Wildman–Crippen LogP) is 3.11. The molecule has 124 valence electrons. The van der Waals surface area contributed by atoms with Gasteiger partial charge in [0.15, 0.2) is 0 Å². The first-order valence-corrected chi connectivity index (χ1v) is 8.34. The third-order valence-corrected chi connectivity index (χ3v) is 4.61. The van der Waals surface area contributed by atoms with Crippen LogP contribution in [0.3, 0.4) is 0 Å². The Morgan fingerprint density at radius 3 is 2.62 bits per heavy atom. The number of rotatable bonds is 5. The van der Waals surface area contributed by atoms with E-state index in [1.165, 1.54) is 10.5 Å². The second-order valence-corrected chi connectivity index (χ2v) is 6.35. The van der Waals surface area contributed by atoms with Crippen LogP contribution in [0.4, 0.5) is 5.69 Å². The van der Waals surface area contributed by atoms with Crippen LogP contribution in [-0.2, 0) is 16.0 Å². The van der Waals surface area contributed by atoms with Crippen LogP contribution in [0.2, 0.25) is 5.02 Å². The molecule has 0 spiro atoms. The molecule has 1 saturated heterocycles. The average Bonchev–Trinajstić information content (AvgIpc) is 2.85. The summed E-state index contributed by atoms with van der Waals surface area (Å²) in [5.41, 5.74) is 2.65. The highest BCUT2D eigenvalue weighted by atomic mass is 35.5. The number of hydrogen-bond acceptors (Lipinski definition) is 3. The number of nitrogens with zero attached hydrogens (tertiary/aromatic N) is 1. The van der Waals surface area contributed by atoms with Crippen LogP contribution in [0.5, 0.6) is 0 Å². The van der Waals surface area contributed by atoms with Gasteiger partial charge in [-0.3, -0.25) is 9.59 Å². The lowest BCUT2D eigenvalue weighted by Crippen LogP contribution is -2.39. The van der Waals surface area contributed by atoms with Crippen molar-refractivity contribution in [1.29, 1.82) is 0 Å². The normalized spacial score (nSPS) is 17.6. The Labute approximate surface area is 146 Å². The minimum absolute atomic E-state index is 0.180. The number of carbonyl (C=O) groups is 2. The highest BCUT2D eigenvalue weighted by Gasteiger charge is 2.39. The fourth-order valence-corrected chi connectivity index (χ4v) is 2.99. The molecule has 0 aromatic heterocycles. The van der Waals surface area contributed by atoms with Gasteiger partial charge < -0.3 is 5.32 Å². The van der Waals surface area contributed by atoms with E-state index in [1.54, 1.807) is 12.1 Å². The van der Waals surface area contributed by atoms with Crippen molar-refractivity contribution in [2.45, 2.75) is 25.8 Å². The Balaban J connectivity index is 1.64. The van der Waals surface area contributed by atoms with Gasteiger partial charge in [-0.15, -0.1) is 0 Å². The Morgan fingerprint density at radius 2 is 1.92 bits per heavy atom. The second-order valence-electron chi connectivity index (χ2n) is 5.95. The van der Waals surface area contributed by atoms with Crippen molar-refractivity contribution in [2.24, 2.45) is 0 Å². The van der Waals surface area contributed by atoms with E-state index in [-0.39, 0.29) is 18.2 Å². The van der Waals surface area contributed by atoms with Gasteiger partial charge in [-0.2, -0.15) is 0 Å². The lowest BCUT2D eigenvalue weighted by Gasteiger charge is -2.16. The molecule has 2 aromatic rings. The topological polar surface area (TPSA) is 49.4 Å². The summed E-state index contributed by atoms with van der Waals surface area (Å²) in [6.07, 6.45) is 0.994. The standard InChI is InChI=1S/C19H19ClN2O2/c1-13-7-8-15(11-16(13)20)22-18(23)12-17(19(22)24)21-10-9-14-5-3-2-4-6-14/h2-8,11,17,21H,9-10,12H2,1H3. The van der Waals surface area contributed by atoms with E-state index in [4.69, 9.17) is 11.6 Å². The van der Waals surface area contributed by atoms with Gasteiger partial charge in [0, 0.05) is 5.02 Å². The van der Waals surface area contributed by atoms with Crippen LogP contribution >= 0.6 is 11.6 Å². The van der Waals surface area contributed by atoms with Gasteiger partial charge in [0.2, 0.25) is 5.91 Å². The third-order valence-electron chi connectivity index (χ3n) is 4.21. The van der Waals surface area contributed by atoms with Crippen LogP contribution in [0.1, 0.15) is 17.5 Å². The van der Waals surface area contributed by atoms with Crippen LogP contribution in [-0.4, -0.2) is 24.4 Å². The molecule has 2 amide bonds. The summed E-state index contributed by atoms with van der Waals surface area (Å²) in [4.78, 5) is 26.0. The van der Waals surface area contributed by atoms with E-state index in [9.17, 15) is 9.59 Å². The molecule has 0 saturated carbocycles. The SMILES string of the molecule is Cc1ccc(N2C(=O)CC(NCCc3ccccc3)C2=O)cc1Cl. The minimum Gasteiger partial charge on any atom is -0.305 e. The molecule has 0 radical (unpaired) electrons. The van der Waals surface area contributed by atoms with Crippen molar-refractivity contribution in [3.63, 3.8) is 0 Å². The first-order valence-electron chi connectivity index (χ1n) is 7.96. The number of hydrogen-bond donors (Lipinski definition) is 1. The fourth-order valence-electron chi connectivity index (χ4n) is 2.82. The summed E-state index contributed by atoms with van der Waals surface area (Å²) < 4.78 is 0.